The lowest BCUT2D eigenvalue weighted by atomic mass is 9.59. The quantitative estimate of drug-likeness (QED) is 0.399. The first-order valence-corrected chi connectivity index (χ1v) is 9.05. The first-order chi connectivity index (χ1) is 9.65. The summed E-state index contributed by atoms with van der Waals surface area (Å²) >= 11 is 0. The molecule has 0 bridgehead atoms. The summed E-state index contributed by atoms with van der Waals surface area (Å²) in [5.74, 6) is -0.358. The lowest BCUT2D eigenvalue weighted by Crippen LogP contribution is -2.45. The molecule has 22 heavy (non-hydrogen) atoms. The van der Waals surface area contributed by atoms with Crippen molar-refractivity contribution in [3.05, 3.63) is 0 Å². The standard InChI is InChI=1S/C15H31O6P/c1-8-14(5,6)15(7,11-13(2,3)4)12(16)20-9-10-21-22(17,18)19/h8-11H2,1-7H3,(H2,17,18,19). The molecule has 0 rings (SSSR count). The molecule has 0 aliphatic heterocycles. The van der Waals surface area contributed by atoms with Crippen LogP contribution in [0.1, 0.15) is 61.3 Å². The van der Waals surface area contributed by atoms with Crippen molar-refractivity contribution >= 4 is 13.8 Å². The van der Waals surface area contributed by atoms with Gasteiger partial charge in [-0.1, -0.05) is 41.5 Å². The van der Waals surface area contributed by atoms with E-state index >= 15 is 0 Å². The third kappa shape index (κ3) is 6.78. The van der Waals surface area contributed by atoms with Gasteiger partial charge >= 0.3 is 13.8 Å². The fourth-order valence-corrected chi connectivity index (χ4v) is 2.80. The normalized spacial score (nSPS) is 16.2. The zero-order chi connectivity index (χ0) is 17.8. The average molecular weight is 338 g/mol. The van der Waals surface area contributed by atoms with E-state index < -0.39 is 13.2 Å². The zero-order valence-electron chi connectivity index (χ0n) is 14.8. The summed E-state index contributed by atoms with van der Waals surface area (Å²) in [6.45, 7) is 13.7. The Hall–Kier alpha value is -0.420. The highest BCUT2D eigenvalue weighted by molar-refractivity contribution is 7.46. The summed E-state index contributed by atoms with van der Waals surface area (Å²) in [4.78, 5) is 29.8. The first kappa shape index (κ1) is 21.6. The lowest BCUT2D eigenvalue weighted by molar-refractivity contribution is -0.166. The van der Waals surface area contributed by atoms with Crippen LogP contribution in [0, 0.1) is 16.2 Å². The minimum atomic E-state index is -4.53. The van der Waals surface area contributed by atoms with E-state index in [1.807, 2.05) is 27.7 Å². The number of ether oxygens (including phenoxy) is 1. The Bertz CT molecular complexity index is 420. The Morgan fingerprint density at radius 2 is 1.55 bits per heavy atom. The topological polar surface area (TPSA) is 93.1 Å². The summed E-state index contributed by atoms with van der Waals surface area (Å²) < 4.78 is 20.1. The molecule has 0 radical (unpaired) electrons. The Kier molecular flexibility index (Phi) is 7.29. The number of hydrogen-bond acceptors (Lipinski definition) is 4. The second-order valence-corrected chi connectivity index (χ2v) is 9.01. The molecule has 7 heteroatoms. The van der Waals surface area contributed by atoms with Crippen molar-refractivity contribution in [3.63, 3.8) is 0 Å². The Labute approximate surface area is 133 Å². The molecule has 0 aliphatic rings. The number of carbonyl (C=O) groups excluding carboxylic acids is 1. The molecule has 0 fully saturated rings. The van der Waals surface area contributed by atoms with E-state index in [-0.39, 0.29) is 30.0 Å². The van der Waals surface area contributed by atoms with Crippen LogP contribution in [0.2, 0.25) is 0 Å². The van der Waals surface area contributed by atoms with Crippen molar-refractivity contribution < 1.29 is 28.4 Å². The van der Waals surface area contributed by atoms with E-state index in [1.165, 1.54) is 0 Å². The largest absolute Gasteiger partial charge is 0.469 e. The number of esters is 1. The summed E-state index contributed by atoms with van der Waals surface area (Å²) in [6, 6.07) is 0. The summed E-state index contributed by atoms with van der Waals surface area (Å²) in [5.41, 5.74) is -1.01. The molecule has 0 aromatic rings. The molecule has 0 heterocycles. The van der Waals surface area contributed by atoms with Crippen LogP contribution in [0.5, 0.6) is 0 Å². The van der Waals surface area contributed by atoms with Gasteiger partial charge in [0, 0.05) is 0 Å². The van der Waals surface area contributed by atoms with Crippen molar-refractivity contribution in [3.8, 4) is 0 Å². The summed E-state index contributed by atoms with van der Waals surface area (Å²) in [7, 11) is -4.53. The van der Waals surface area contributed by atoms with Crippen LogP contribution in [0.4, 0.5) is 0 Å². The van der Waals surface area contributed by atoms with E-state index in [0.717, 1.165) is 6.42 Å². The highest BCUT2D eigenvalue weighted by Gasteiger charge is 2.49. The predicted molar refractivity (Wildman–Crippen MR) is 85.2 cm³/mol. The Balaban J connectivity index is 4.97. The van der Waals surface area contributed by atoms with Crippen molar-refractivity contribution in [2.45, 2.75) is 61.3 Å². The van der Waals surface area contributed by atoms with E-state index in [0.29, 0.717) is 6.42 Å². The van der Waals surface area contributed by atoms with Crippen LogP contribution in [0.25, 0.3) is 0 Å². The fourth-order valence-electron chi connectivity index (χ4n) is 2.49. The van der Waals surface area contributed by atoms with Gasteiger partial charge in [-0.2, -0.15) is 0 Å². The van der Waals surface area contributed by atoms with E-state index in [4.69, 9.17) is 14.5 Å². The van der Waals surface area contributed by atoms with Gasteiger partial charge in [-0.3, -0.25) is 9.32 Å². The predicted octanol–water partition coefficient (Wildman–Crippen LogP) is 3.52. The summed E-state index contributed by atoms with van der Waals surface area (Å²) in [6.07, 6.45) is 1.46. The molecule has 0 aromatic carbocycles. The van der Waals surface area contributed by atoms with Crippen molar-refractivity contribution in [2.75, 3.05) is 13.2 Å². The Morgan fingerprint density at radius 3 is 1.91 bits per heavy atom. The molecule has 1 atom stereocenters. The fraction of sp³-hybridized carbons (Fsp3) is 0.933. The van der Waals surface area contributed by atoms with Gasteiger partial charge in [-0.05, 0) is 30.6 Å². The molecule has 0 aliphatic carbocycles. The molecule has 0 saturated heterocycles. The van der Waals surface area contributed by atoms with Crippen LogP contribution < -0.4 is 0 Å². The summed E-state index contributed by atoms with van der Waals surface area (Å²) in [5, 5.41) is 0. The monoisotopic (exact) mass is 338 g/mol. The van der Waals surface area contributed by atoms with Crippen LogP contribution in [0.3, 0.4) is 0 Å². The number of phosphoric acid groups is 1. The van der Waals surface area contributed by atoms with Crippen molar-refractivity contribution in [2.24, 2.45) is 16.2 Å². The maximum absolute atomic E-state index is 12.6. The van der Waals surface area contributed by atoms with Gasteiger partial charge in [-0.25, -0.2) is 4.57 Å². The van der Waals surface area contributed by atoms with E-state index in [1.54, 1.807) is 0 Å². The van der Waals surface area contributed by atoms with Gasteiger partial charge in [0.15, 0.2) is 0 Å². The second kappa shape index (κ2) is 7.43. The van der Waals surface area contributed by atoms with Gasteiger partial charge in [0.05, 0.1) is 12.0 Å². The molecule has 132 valence electrons. The maximum atomic E-state index is 12.6. The lowest BCUT2D eigenvalue weighted by Gasteiger charge is -2.45. The van der Waals surface area contributed by atoms with Crippen LogP contribution in [-0.4, -0.2) is 29.0 Å². The Morgan fingerprint density at radius 1 is 1.05 bits per heavy atom. The molecule has 0 aromatic heterocycles. The molecular formula is C15H31O6P. The van der Waals surface area contributed by atoms with Crippen molar-refractivity contribution in [1.29, 1.82) is 0 Å². The number of phosphoric ester groups is 1. The average Bonchev–Trinajstić information content (AvgIpc) is 2.30. The number of rotatable bonds is 8. The van der Waals surface area contributed by atoms with Gasteiger partial charge in [-0.15, -0.1) is 0 Å². The van der Waals surface area contributed by atoms with Gasteiger partial charge in [0.1, 0.15) is 6.61 Å². The molecule has 0 saturated carbocycles. The zero-order valence-corrected chi connectivity index (χ0v) is 15.7. The van der Waals surface area contributed by atoms with Crippen molar-refractivity contribution in [1.82, 2.24) is 0 Å². The van der Waals surface area contributed by atoms with Crippen LogP contribution >= 0.6 is 7.82 Å². The van der Waals surface area contributed by atoms with Gasteiger partial charge in [0.2, 0.25) is 0 Å². The first-order valence-electron chi connectivity index (χ1n) is 7.52. The minimum absolute atomic E-state index is 0.0530. The number of hydrogen-bond donors (Lipinski definition) is 2. The minimum Gasteiger partial charge on any atom is -0.463 e. The third-order valence-electron chi connectivity index (χ3n) is 4.29. The molecule has 2 N–H and O–H groups in total. The van der Waals surface area contributed by atoms with Gasteiger partial charge in [0.25, 0.3) is 0 Å². The molecule has 6 nitrogen and oxygen atoms in total. The maximum Gasteiger partial charge on any atom is 0.469 e. The smallest absolute Gasteiger partial charge is 0.463 e. The van der Waals surface area contributed by atoms with Gasteiger partial charge < -0.3 is 14.5 Å². The number of carbonyl (C=O) groups is 1. The molecular weight excluding hydrogens is 307 g/mol. The SMILES string of the molecule is CCC(C)(C)C(C)(CC(C)(C)C)C(=O)OCCOP(=O)(O)O. The van der Waals surface area contributed by atoms with Crippen LogP contribution in [-0.2, 0) is 18.6 Å². The van der Waals surface area contributed by atoms with E-state index in [2.05, 4.69) is 25.3 Å². The third-order valence-corrected chi connectivity index (χ3v) is 4.81. The van der Waals surface area contributed by atoms with E-state index in [9.17, 15) is 9.36 Å². The van der Waals surface area contributed by atoms with Crippen LogP contribution in [0.15, 0.2) is 0 Å². The molecule has 0 spiro atoms. The second-order valence-electron chi connectivity index (χ2n) is 7.77. The molecule has 0 amide bonds. The highest BCUT2D eigenvalue weighted by atomic mass is 31.2. The highest BCUT2D eigenvalue weighted by Crippen LogP contribution is 2.49. The molecule has 1 unspecified atom stereocenters.